The van der Waals surface area contributed by atoms with Crippen LogP contribution in [0.5, 0.6) is 0 Å². The van der Waals surface area contributed by atoms with Crippen LogP contribution < -0.4 is 0 Å². The Hall–Kier alpha value is -2.14. The summed E-state index contributed by atoms with van der Waals surface area (Å²) in [6, 6.07) is 8.92. The van der Waals surface area contributed by atoms with Gasteiger partial charge in [0.25, 0.3) is 0 Å². The fourth-order valence-electron chi connectivity index (χ4n) is 3.84. The normalized spacial score (nSPS) is 19.5. The SMILES string of the molecule is CCc1ccc(-c2ccc(Cl)c(C(F)(F)F)c2)cc1C1C(=O)CCC(C)(C)C1=O. The van der Waals surface area contributed by atoms with Gasteiger partial charge in [-0.15, -0.1) is 0 Å². The zero-order valence-corrected chi connectivity index (χ0v) is 17.2. The molecule has 1 aliphatic rings. The molecular formula is C23H22ClF3O2. The molecule has 0 spiro atoms. The molecule has 3 rings (SSSR count). The van der Waals surface area contributed by atoms with Crippen LogP contribution in [-0.4, -0.2) is 11.6 Å². The van der Waals surface area contributed by atoms with Crippen molar-refractivity contribution in [2.45, 2.75) is 52.1 Å². The van der Waals surface area contributed by atoms with Gasteiger partial charge in [0, 0.05) is 11.8 Å². The van der Waals surface area contributed by atoms with Gasteiger partial charge in [-0.3, -0.25) is 9.59 Å². The Kier molecular flexibility index (Phi) is 5.65. The summed E-state index contributed by atoms with van der Waals surface area (Å²) in [5.74, 6) is -1.14. The molecule has 1 saturated carbocycles. The van der Waals surface area contributed by atoms with Gasteiger partial charge >= 0.3 is 6.18 Å². The maximum Gasteiger partial charge on any atom is 0.417 e. The molecule has 1 aliphatic carbocycles. The highest BCUT2D eigenvalue weighted by atomic mass is 35.5. The molecule has 0 amide bonds. The summed E-state index contributed by atoms with van der Waals surface area (Å²) in [5.41, 5.74) is 0.774. The molecule has 2 aromatic rings. The Morgan fingerprint density at radius 1 is 1.07 bits per heavy atom. The van der Waals surface area contributed by atoms with Gasteiger partial charge in [0.1, 0.15) is 11.7 Å². The first kappa shape index (κ1) is 21.6. The molecule has 6 heteroatoms. The predicted octanol–water partition coefficient (Wildman–Crippen LogP) is 6.63. The topological polar surface area (TPSA) is 34.1 Å². The molecule has 0 aliphatic heterocycles. The van der Waals surface area contributed by atoms with Crippen LogP contribution in [-0.2, 0) is 22.2 Å². The summed E-state index contributed by atoms with van der Waals surface area (Å²) in [6.45, 7) is 5.59. The summed E-state index contributed by atoms with van der Waals surface area (Å²) < 4.78 is 39.7. The molecule has 29 heavy (non-hydrogen) atoms. The van der Waals surface area contributed by atoms with Gasteiger partial charge in [-0.25, -0.2) is 0 Å². The van der Waals surface area contributed by atoms with Crippen molar-refractivity contribution in [3.8, 4) is 11.1 Å². The molecule has 0 N–H and O–H groups in total. The fraction of sp³-hybridized carbons (Fsp3) is 0.391. The van der Waals surface area contributed by atoms with Crippen LogP contribution in [0.3, 0.4) is 0 Å². The lowest BCUT2D eigenvalue weighted by atomic mass is 9.67. The van der Waals surface area contributed by atoms with Crippen molar-refractivity contribution in [1.29, 1.82) is 0 Å². The summed E-state index contributed by atoms with van der Waals surface area (Å²) in [7, 11) is 0. The zero-order chi connectivity index (χ0) is 21.6. The van der Waals surface area contributed by atoms with Gasteiger partial charge in [-0.1, -0.05) is 50.6 Å². The fourth-order valence-corrected chi connectivity index (χ4v) is 4.07. The molecule has 154 valence electrons. The lowest BCUT2D eigenvalue weighted by molar-refractivity contribution is -0.139. The second kappa shape index (κ2) is 7.60. The van der Waals surface area contributed by atoms with E-state index in [4.69, 9.17) is 11.6 Å². The minimum Gasteiger partial charge on any atom is -0.299 e. The Balaban J connectivity index is 2.14. The number of Topliss-reactive ketones (excluding diaryl/α,β-unsaturated/α-hetero) is 2. The van der Waals surface area contributed by atoms with Gasteiger partial charge in [0.15, 0.2) is 5.78 Å². The van der Waals surface area contributed by atoms with Crippen molar-refractivity contribution >= 4 is 23.2 Å². The molecule has 2 aromatic carbocycles. The number of halogens is 4. The lowest BCUT2D eigenvalue weighted by Gasteiger charge is -2.33. The Labute approximate surface area is 173 Å². The lowest BCUT2D eigenvalue weighted by Crippen LogP contribution is -2.39. The third kappa shape index (κ3) is 4.11. The van der Waals surface area contributed by atoms with Crippen molar-refractivity contribution in [2.24, 2.45) is 5.41 Å². The van der Waals surface area contributed by atoms with Crippen molar-refractivity contribution in [1.82, 2.24) is 0 Å². The summed E-state index contributed by atoms with van der Waals surface area (Å²) >= 11 is 5.73. The Morgan fingerprint density at radius 3 is 2.31 bits per heavy atom. The molecule has 1 fully saturated rings. The van der Waals surface area contributed by atoms with E-state index < -0.39 is 23.1 Å². The third-order valence-corrected chi connectivity index (χ3v) is 6.02. The number of ketones is 2. The van der Waals surface area contributed by atoms with Crippen LogP contribution >= 0.6 is 11.6 Å². The van der Waals surface area contributed by atoms with Crippen molar-refractivity contribution in [3.63, 3.8) is 0 Å². The summed E-state index contributed by atoms with van der Waals surface area (Å²) in [6.07, 6.45) is -3.13. The van der Waals surface area contributed by atoms with Gasteiger partial charge in [-0.05, 0) is 53.3 Å². The van der Waals surface area contributed by atoms with Crippen LogP contribution in [0.2, 0.25) is 5.02 Å². The number of hydrogen-bond donors (Lipinski definition) is 0. The van der Waals surface area contributed by atoms with Crippen LogP contribution in [0, 0.1) is 5.41 Å². The number of carbonyl (C=O) groups excluding carboxylic acids is 2. The highest BCUT2D eigenvalue weighted by Crippen LogP contribution is 2.41. The Morgan fingerprint density at radius 2 is 1.69 bits per heavy atom. The van der Waals surface area contributed by atoms with Crippen LogP contribution in [0.1, 0.15) is 56.2 Å². The number of aryl methyl sites for hydroxylation is 1. The van der Waals surface area contributed by atoms with E-state index in [0.29, 0.717) is 36.0 Å². The van der Waals surface area contributed by atoms with Crippen LogP contribution in [0.4, 0.5) is 13.2 Å². The smallest absolute Gasteiger partial charge is 0.299 e. The average Bonchev–Trinajstić information content (AvgIpc) is 2.65. The van der Waals surface area contributed by atoms with Crippen molar-refractivity contribution < 1.29 is 22.8 Å². The molecule has 0 radical (unpaired) electrons. The Bertz CT molecular complexity index is 977. The molecule has 0 saturated heterocycles. The highest BCUT2D eigenvalue weighted by Gasteiger charge is 2.43. The summed E-state index contributed by atoms with van der Waals surface area (Å²) in [4.78, 5) is 25.7. The average molecular weight is 423 g/mol. The van der Waals surface area contributed by atoms with E-state index in [0.717, 1.165) is 11.6 Å². The summed E-state index contributed by atoms with van der Waals surface area (Å²) in [5, 5.41) is -0.369. The molecule has 0 aromatic heterocycles. The van der Waals surface area contributed by atoms with Gasteiger partial charge in [0.05, 0.1) is 10.6 Å². The van der Waals surface area contributed by atoms with E-state index in [2.05, 4.69) is 0 Å². The van der Waals surface area contributed by atoms with E-state index in [1.54, 1.807) is 18.2 Å². The second-order valence-electron chi connectivity index (χ2n) is 8.11. The molecule has 2 nitrogen and oxygen atoms in total. The van der Waals surface area contributed by atoms with Gasteiger partial charge in [0.2, 0.25) is 0 Å². The van der Waals surface area contributed by atoms with E-state index in [9.17, 15) is 22.8 Å². The largest absolute Gasteiger partial charge is 0.417 e. The highest BCUT2D eigenvalue weighted by molar-refractivity contribution is 6.31. The number of benzene rings is 2. The van der Waals surface area contributed by atoms with Gasteiger partial charge < -0.3 is 0 Å². The third-order valence-electron chi connectivity index (χ3n) is 5.69. The number of rotatable bonds is 3. The van der Waals surface area contributed by atoms with Crippen LogP contribution in [0.25, 0.3) is 11.1 Å². The van der Waals surface area contributed by atoms with Crippen molar-refractivity contribution in [3.05, 3.63) is 58.1 Å². The first-order chi connectivity index (χ1) is 13.5. The first-order valence-corrected chi connectivity index (χ1v) is 9.90. The van der Waals surface area contributed by atoms with Crippen molar-refractivity contribution in [2.75, 3.05) is 0 Å². The quantitative estimate of drug-likeness (QED) is 0.520. The maximum absolute atomic E-state index is 13.2. The molecular weight excluding hydrogens is 401 g/mol. The van der Waals surface area contributed by atoms with Gasteiger partial charge in [-0.2, -0.15) is 13.2 Å². The van der Waals surface area contributed by atoms with E-state index >= 15 is 0 Å². The van der Waals surface area contributed by atoms with E-state index in [1.165, 1.54) is 12.1 Å². The standard InChI is InChI=1S/C23H22ClF3O2/c1-4-13-5-6-14(15-7-8-18(24)17(12-15)23(25,26)27)11-16(13)20-19(28)9-10-22(2,3)21(20)29/h5-8,11-12,20H,4,9-10H2,1-3H3. The number of hydrogen-bond acceptors (Lipinski definition) is 2. The van der Waals surface area contributed by atoms with Crippen LogP contribution in [0.15, 0.2) is 36.4 Å². The molecule has 0 bridgehead atoms. The molecule has 1 unspecified atom stereocenters. The number of alkyl halides is 3. The monoisotopic (exact) mass is 422 g/mol. The van der Waals surface area contributed by atoms with E-state index in [-0.39, 0.29) is 16.6 Å². The molecule has 1 atom stereocenters. The molecule has 0 heterocycles. The number of carbonyl (C=O) groups is 2. The maximum atomic E-state index is 13.2. The second-order valence-corrected chi connectivity index (χ2v) is 8.51. The zero-order valence-electron chi connectivity index (χ0n) is 16.5. The minimum atomic E-state index is -4.57. The minimum absolute atomic E-state index is 0.131. The van der Waals surface area contributed by atoms with E-state index in [1.807, 2.05) is 20.8 Å². The predicted molar refractivity (Wildman–Crippen MR) is 107 cm³/mol. The first-order valence-electron chi connectivity index (χ1n) is 9.52.